The van der Waals surface area contributed by atoms with E-state index in [2.05, 4.69) is 9.97 Å². The average Bonchev–Trinajstić information content (AvgIpc) is 2.37. The van der Waals surface area contributed by atoms with Gasteiger partial charge in [0.1, 0.15) is 5.82 Å². The van der Waals surface area contributed by atoms with E-state index in [0.717, 1.165) is 5.69 Å². The molecule has 90 valence electrons. The summed E-state index contributed by atoms with van der Waals surface area (Å²) in [5, 5.41) is 8.83. The van der Waals surface area contributed by atoms with Crippen LogP contribution in [0.15, 0.2) is 30.5 Å². The summed E-state index contributed by atoms with van der Waals surface area (Å²) in [4.78, 5) is 7.81. The molecule has 0 saturated carbocycles. The van der Waals surface area contributed by atoms with Gasteiger partial charge in [0, 0.05) is 11.9 Å². The topological polar surface area (TPSA) is 49.6 Å². The molecular weight excluding hydrogens is 253 g/mol. The number of aromatic nitrogens is 2. The Morgan fingerprint density at radius 3 is 2.78 bits per heavy atom. The maximum Gasteiger partial charge on any atom is 0.222 e. The Kier molecular flexibility index (Phi) is 3.85. The first-order chi connectivity index (χ1) is 8.69. The second-order valence-corrected chi connectivity index (χ2v) is 4.07. The lowest BCUT2D eigenvalue weighted by Crippen LogP contribution is -1.98. The van der Waals surface area contributed by atoms with Crippen molar-refractivity contribution in [2.24, 2.45) is 0 Å². The van der Waals surface area contributed by atoms with Crippen molar-refractivity contribution in [2.75, 3.05) is 0 Å². The zero-order valence-electron chi connectivity index (χ0n) is 9.40. The molecule has 1 aromatic carbocycles. The van der Waals surface area contributed by atoms with E-state index < -0.39 is 0 Å². The van der Waals surface area contributed by atoms with Gasteiger partial charge >= 0.3 is 0 Å². The molecule has 1 aromatic heterocycles. The van der Waals surface area contributed by atoms with Gasteiger partial charge in [-0.05, 0) is 48.2 Å². The van der Waals surface area contributed by atoms with Crippen LogP contribution >= 0.6 is 11.6 Å². The number of nitriles is 1. The number of halogens is 2. The molecule has 0 atom stereocenters. The zero-order valence-corrected chi connectivity index (χ0v) is 10.2. The average molecular weight is 262 g/mol. The minimum atomic E-state index is -0.366. The van der Waals surface area contributed by atoms with Crippen molar-refractivity contribution >= 4 is 11.6 Å². The highest BCUT2D eigenvalue weighted by atomic mass is 35.5. The highest BCUT2D eigenvalue weighted by Gasteiger charge is 2.05. The predicted molar refractivity (Wildman–Crippen MR) is 65.6 cm³/mol. The second-order valence-electron chi connectivity index (χ2n) is 3.74. The van der Waals surface area contributed by atoms with E-state index in [1.807, 2.05) is 6.07 Å². The van der Waals surface area contributed by atoms with Crippen LogP contribution in [0.1, 0.15) is 16.8 Å². The molecule has 0 saturated heterocycles. The molecule has 18 heavy (non-hydrogen) atoms. The summed E-state index contributed by atoms with van der Waals surface area (Å²) in [6.07, 6.45) is 2.65. The van der Waals surface area contributed by atoms with Crippen molar-refractivity contribution in [3.8, 4) is 6.07 Å². The fourth-order valence-corrected chi connectivity index (χ4v) is 1.76. The van der Waals surface area contributed by atoms with Gasteiger partial charge in [-0.1, -0.05) is 6.07 Å². The fraction of sp³-hybridized carbons (Fsp3) is 0.154. The van der Waals surface area contributed by atoms with E-state index in [0.29, 0.717) is 24.0 Å². The number of hydrogen-bond donors (Lipinski definition) is 0. The Balaban J connectivity index is 2.09. The van der Waals surface area contributed by atoms with Crippen molar-refractivity contribution in [2.45, 2.75) is 12.8 Å². The van der Waals surface area contributed by atoms with Crippen molar-refractivity contribution in [1.29, 1.82) is 5.26 Å². The Morgan fingerprint density at radius 2 is 2.11 bits per heavy atom. The van der Waals surface area contributed by atoms with Gasteiger partial charge in [-0.2, -0.15) is 5.26 Å². The molecule has 0 radical (unpaired) electrons. The van der Waals surface area contributed by atoms with E-state index >= 15 is 0 Å². The first-order valence-electron chi connectivity index (χ1n) is 5.35. The number of nitrogens with zero attached hydrogens (tertiary/aromatic N) is 3. The molecule has 0 unspecified atom stereocenters. The lowest BCUT2D eigenvalue weighted by molar-refractivity contribution is 0.607. The maximum absolute atomic E-state index is 13.6. The Hall–Kier alpha value is -1.99. The highest BCUT2D eigenvalue weighted by molar-refractivity contribution is 6.28. The largest absolute Gasteiger partial charge is 0.227 e. The molecule has 0 amide bonds. The van der Waals surface area contributed by atoms with Gasteiger partial charge in [-0.15, -0.1) is 0 Å². The summed E-state index contributed by atoms with van der Waals surface area (Å²) in [6, 6.07) is 8.10. The molecule has 5 heteroatoms. The highest BCUT2D eigenvalue weighted by Crippen LogP contribution is 2.13. The van der Waals surface area contributed by atoms with Crippen LogP contribution in [-0.4, -0.2) is 9.97 Å². The SMILES string of the molecule is N#Cc1ccc(CCc2ccnc(Cl)n2)c(F)c1. The third-order valence-electron chi connectivity index (χ3n) is 2.52. The summed E-state index contributed by atoms with van der Waals surface area (Å²) in [5.41, 5.74) is 1.64. The van der Waals surface area contributed by atoms with E-state index in [-0.39, 0.29) is 11.1 Å². The number of rotatable bonds is 3. The molecule has 0 aliphatic rings. The number of aryl methyl sites for hydroxylation is 2. The molecule has 1 heterocycles. The van der Waals surface area contributed by atoms with Gasteiger partial charge < -0.3 is 0 Å². The molecule has 0 spiro atoms. The van der Waals surface area contributed by atoms with E-state index in [4.69, 9.17) is 16.9 Å². The summed E-state index contributed by atoms with van der Waals surface area (Å²) in [5.74, 6) is -0.366. The van der Waals surface area contributed by atoms with Crippen LogP contribution in [0.25, 0.3) is 0 Å². The predicted octanol–water partition coefficient (Wildman–Crippen LogP) is 2.93. The standard InChI is InChI=1S/C13H9ClFN3/c14-13-17-6-5-11(18-13)4-3-10-2-1-9(8-16)7-12(10)15/h1-2,5-7H,3-4H2. The zero-order chi connectivity index (χ0) is 13.0. The van der Waals surface area contributed by atoms with Gasteiger partial charge in [0.2, 0.25) is 5.28 Å². The summed E-state index contributed by atoms with van der Waals surface area (Å²) in [7, 11) is 0. The van der Waals surface area contributed by atoms with Gasteiger partial charge in [-0.3, -0.25) is 0 Å². The third-order valence-corrected chi connectivity index (χ3v) is 2.70. The Labute approximate surface area is 109 Å². The summed E-state index contributed by atoms with van der Waals surface area (Å²) in [6.45, 7) is 0. The maximum atomic E-state index is 13.6. The summed E-state index contributed by atoms with van der Waals surface area (Å²) >= 11 is 5.67. The first kappa shape index (κ1) is 12.5. The van der Waals surface area contributed by atoms with Crippen LogP contribution in [-0.2, 0) is 12.8 Å². The second kappa shape index (κ2) is 5.56. The minimum absolute atomic E-state index is 0.188. The van der Waals surface area contributed by atoms with Crippen molar-refractivity contribution in [3.63, 3.8) is 0 Å². The lowest BCUT2D eigenvalue weighted by Gasteiger charge is -2.03. The first-order valence-corrected chi connectivity index (χ1v) is 5.73. The monoisotopic (exact) mass is 261 g/mol. The molecule has 0 fully saturated rings. The molecule has 2 rings (SSSR count). The lowest BCUT2D eigenvalue weighted by atomic mass is 10.1. The van der Waals surface area contributed by atoms with E-state index in [1.165, 1.54) is 6.07 Å². The summed E-state index contributed by atoms with van der Waals surface area (Å²) < 4.78 is 13.6. The van der Waals surface area contributed by atoms with Crippen LogP contribution in [0.3, 0.4) is 0 Å². The molecule has 3 nitrogen and oxygen atoms in total. The van der Waals surface area contributed by atoms with E-state index in [9.17, 15) is 4.39 Å². The molecule has 2 aromatic rings. The molecule has 0 bridgehead atoms. The number of hydrogen-bond acceptors (Lipinski definition) is 3. The Bertz CT molecular complexity index is 607. The van der Waals surface area contributed by atoms with Crippen molar-refractivity contribution < 1.29 is 4.39 Å². The molecule has 0 aliphatic carbocycles. The van der Waals surface area contributed by atoms with Crippen molar-refractivity contribution in [1.82, 2.24) is 9.97 Å². The van der Waals surface area contributed by atoms with Gasteiger partial charge in [-0.25, -0.2) is 14.4 Å². The van der Waals surface area contributed by atoms with Gasteiger partial charge in [0.25, 0.3) is 0 Å². The van der Waals surface area contributed by atoms with Crippen LogP contribution < -0.4 is 0 Å². The molecular formula is C13H9ClFN3. The van der Waals surface area contributed by atoms with Crippen LogP contribution in [0.2, 0.25) is 5.28 Å². The third kappa shape index (κ3) is 3.02. The minimum Gasteiger partial charge on any atom is -0.227 e. The van der Waals surface area contributed by atoms with Gasteiger partial charge in [0.15, 0.2) is 0 Å². The smallest absolute Gasteiger partial charge is 0.222 e. The fourth-order valence-electron chi connectivity index (χ4n) is 1.59. The Morgan fingerprint density at radius 1 is 1.28 bits per heavy atom. The normalized spacial score (nSPS) is 10.1. The van der Waals surface area contributed by atoms with Crippen molar-refractivity contribution in [3.05, 3.63) is 58.4 Å². The van der Waals surface area contributed by atoms with Crippen LogP contribution in [0.4, 0.5) is 4.39 Å². The van der Waals surface area contributed by atoms with Gasteiger partial charge in [0.05, 0.1) is 11.6 Å². The van der Waals surface area contributed by atoms with Crippen LogP contribution in [0, 0.1) is 17.1 Å². The van der Waals surface area contributed by atoms with Crippen LogP contribution in [0.5, 0.6) is 0 Å². The number of benzene rings is 1. The van der Waals surface area contributed by atoms with E-state index in [1.54, 1.807) is 24.4 Å². The molecule has 0 aliphatic heterocycles. The quantitative estimate of drug-likeness (QED) is 0.798. The molecule has 0 N–H and O–H groups in total.